The first-order chi connectivity index (χ1) is 19.5. The largest absolute Gasteiger partial charge is 0.460 e. The summed E-state index contributed by atoms with van der Waals surface area (Å²) in [5.41, 5.74) is 1.24. The van der Waals surface area contributed by atoms with Crippen molar-refractivity contribution in [2.24, 2.45) is 0 Å². The molecule has 224 valence electrons. The lowest BCUT2D eigenvalue weighted by molar-refractivity contribution is -0.140. The standard InChI is InChI=1S/C28H41NO11/c1-23(2)28(32)40-22-21-39-20-19-38-18-17-37-16-15-36-14-13-35-12-11-34-10-9-33-8-7-29-26(30)24-5-3-4-6-25(24)27(29)31/h3-6H,1,7-22H2,2H3. The monoisotopic (exact) mass is 567 g/mol. The Labute approximate surface area is 235 Å². The summed E-state index contributed by atoms with van der Waals surface area (Å²) in [5.74, 6) is -0.983. The molecule has 0 fully saturated rings. The molecule has 0 spiro atoms. The van der Waals surface area contributed by atoms with E-state index in [4.69, 9.17) is 37.9 Å². The first-order valence-corrected chi connectivity index (χ1v) is 13.3. The number of hydrogen-bond acceptors (Lipinski definition) is 11. The first-order valence-electron chi connectivity index (χ1n) is 13.3. The van der Waals surface area contributed by atoms with Gasteiger partial charge in [0.15, 0.2) is 0 Å². The second-order valence-electron chi connectivity index (χ2n) is 8.51. The van der Waals surface area contributed by atoms with Gasteiger partial charge in [0.2, 0.25) is 0 Å². The van der Waals surface area contributed by atoms with Crippen LogP contribution in [0.2, 0.25) is 0 Å². The minimum Gasteiger partial charge on any atom is -0.460 e. The summed E-state index contributed by atoms with van der Waals surface area (Å²) in [6.45, 7) is 11.3. The highest BCUT2D eigenvalue weighted by Gasteiger charge is 2.34. The summed E-state index contributed by atoms with van der Waals surface area (Å²) >= 11 is 0. The number of amides is 2. The van der Waals surface area contributed by atoms with Crippen molar-refractivity contribution < 1.29 is 52.3 Å². The lowest BCUT2D eigenvalue weighted by atomic mass is 10.1. The fourth-order valence-electron chi connectivity index (χ4n) is 3.34. The Kier molecular flexibility index (Phi) is 17.7. The van der Waals surface area contributed by atoms with Crippen molar-refractivity contribution in [2.45, 2.75) is 6.92 Å². The van der Waals surface area contributed by atoms with Gasteiger partial charge in [0.25, 0.3) is 11.8 Å². The third-order valence-corrected chi connectivity index (χ3v) is 5.38. The molecule has 1 aliphatic rings. The summed E-state index contributed by atoms with van der Waals surface area (Å²) in [4.78, 5) is 36.9. The van der Waals surface area contributed by atoms with Crippen molar-refractivity contribution in [3.05, 3.63) is 47.5 Å². The molecule has 12 heteroatoms. The van der Waals surface area contributed by atoms with Crippen LogP contribution in [0.4, 0.5) is 0 Å². The molecule has 2 rings (SSSR count). The van der Waals surface area contributed by atoms with E-state index in [0.29, 0.717) is 103 Å². The van der Waals surface area contributed by atoms with Gasteiger partial charge in [-0.2, -0.15) is 0 Å². The minimum atomic E-state index is -0.420. The highest BCUT2D eigenvalue weighted by atomic mass is 16.6. The normalized spacial score (nSPS) is 12.7. The van der Waals surface area contributed by atoms with Crippen LogP contribution in [-0.2, 0) is 42.7 Å². The lowest BCUT2D eigenvalue weighted by Gasteiger charge is -2.13. The van der Waals surface area contributed by atoms with Gasteiger partial charge in [0.05, 0.1) is 110 Å². The predicted molar refractivity (Wildman–Crippen MR) is 143 cm³/mol. The Balaban J connectivity index is 1.24. The van der Waals surface area contributed by atoms with E-state index in [2.05, 4.69) is 6.58 Å². The Morgan fingerprint density at radius 2 is 0.925 bits per heavy atom. The molecule has 0 saturated carbocycles. The fraction of sp³-hybridized carbons (Fsp3) is 0.607. The van der Waals surface area contributed by atoms with E-state index in [0.717, 1.165) is 0 Å². The number of hydrogen-bond donors (Lipinski definition) is 0. The fourth-order valence-corrected chi connectivity index (χ4v) is 3.34. The van der Waals surface area contributed by atoms with Crippen LogP contribution in [0, 0.1) is 0 Å². The molecular formula is C28H41NO11. The molecule has 0 bridgehead atoms. The zero-order chi connectivity index (χ0) is 28.8. The molecule has 0 atom stereocenters. The summed E-state index contributed by atoms with van der Waals surface area (Å²) in [6.07, 6.45) is 0. The smallest absolute Gasteiger partial charge is 0.333 e. The summed E-state index contributed by atoms with van der Waals surface area (Å²) in [5, 5.41) is 0. The van der Waals surface area contributed by atoms with Gasteiger partial charge in [0.1, 0.15) is 6.61 Å². The summed E-state index contributed by atoms with van der Waals surface area (Å²) < 4.78 is 42.8. The van der Waals surface area contributed by atoms with Crippen LogP contribution in [0.1, 0.15) is 27.6 Å². The Morgan fingerprint density at radius 3 is 1.27 bits per heavy atom. The molecule has 0 aromatic heterocycles. The van der Waals surface area contributed by atoms with Crippen molar-refractivity contribution in [2.75, 3.05) is 106 Å². The van der Waals surface area contributed by atoms with E-state index in [9.17, 15) is 14.4 Å². The molecule has 0 unspecified atom stereocenters. The molecule has 2 amide bonds. The molecule has 1 heterocycles. The van der Waals surface area contributed by atoms with E-state index < -0.39 is 5.97 Å². The van der Waals surface area contributed by atoms with Crippen molar-refractivity contribution in [3.8, 4) is 0 Å². The molecular weight excluding hydrogens is 526 g/mol. The molecule has 1 aliphatic heterocycles. The zero-order valence-corrected chi connectivity index (χ0v) is 23.3. The van der Waals surface area contributed by atoms with Gasteiger partial charge in [-0.3, -0.25) is 14.5 Å². The van der Waals surface area contributed by atoms with E-state index in [-0.39, 0.29) is 31.6 Å². The zero-order valence-electron chi connectivity index (χ0n) is 23.3. The van der Waals surface area contributed by atoms with Crippen LogP contribution in [0.15, 0.2) is 36.4 Å². The van der Waals surface area contributed by atoms with Gasteiger partial charge in [-0.05, 0) is 19.1 Å². The first kappa shape index (κ1) is 33.5. The van der Waals surface area contributed by atoms with Crippen molar-refractivity contribution in [1.29, 1.82) is 0 Å². The molecule has 1 aromatic carbocycles. The average molecular weight is 568 g/mol. The third kappa shape index (κ3) is 13.6. The van der Waals surface area contributed by atoms with Crippen LogP contribution in [0.5, 0.6) is 0 Å². The van der Waals surface area contributed by atoms with Crippen molar-refractivity contribution in [1.82, 2.24) is 4.90 Å². The van der Waals surface area contributed by atoms with Crippen LogP contribution in [-0.4, -0.2) is 128 Å². The van der Waals surface area contributed by atoms with Crippen LogP contribution < -0.4 is 0 Å². The third-order valence-electron chi connectivity index (χ3n) is 5.38. The molecule has 0 radical (unpaired) electrons. The summed E-state index contributed by atoms with van der Waals surface area (Å²) in [7, 11) is 0. The topological polar surface area (TPSA) is 128 Å². The molecule has 0 saturated heterocycles. The van der Waals surface area contributed by atoms with Crippen LogP contribution >= 0.6 is 0 Å². The number of esters is 1. The lowest BCUT2D eigenvalue weighted by Crippen LogP contribution is -2.33. The minimum absolute atomic E-state index is 0.191. The van der Waals surface area contributed by atoms with Gasteiger partial charge in [-0.1, -0.05) is 18.7 Å². The van der Waals surface area contributed by atoms with Gasteiger partial charge in [-0.15, -0.1) is 0 Å². The number of carbonyl (C=O) groups is 3. The quantitative estimate of drug-likeness (QED) is 0.0738. The number of nitrogens with zero attached hydrogens (tertiary/aromatic N) is 1. The highest BCUT2D eigenvalue weighted by Crippen LogP contribution is 2.21. The van der Waals surface area contributed by atoms with Crippen LogP contribution in [0.25, 0.3) is 0 Å². The summed E-state index contributed by atoms with van der Waals surface area (Å²) in [6, 6.07) is 6.80. The van der Waals surface area contributed by atoms with Crippen molar-refractivity contribution >= 4 is 17.8 Å². The van der Waals surface area contributed by atoms with E-state index in [1.165, 1.54) is 4.90 Å². The number of fused-ring (bicyclic) bond motifs is 1. The second-order valence-corrected chi connectivity index (χ2v) is 8.51. The maximum Gasteiger partial charge on any atom is 0.333 e. The number of imide groups is 1. The number of rotatable bonds is 25. The number of ether oxygens (including phenoxy) is 8. The Bertz CT molecular complexity index is 873. The van der Waals surface area contributed by atoms with E-state index in [1.807, 2.05) is 0 Å². The average Bonchev–Trinajstić information content (AvgIpc) is 3.19. The Hall–Kier alpha value is -2.71. The van der Waals surface area contributed by atoms with Gasteiger partial charge >= 0.3 is 5.97 Å². The highest BCUT2D eigenvalue weighted by molar-refractivity contribution is 6.21. The van der Waals surface area contributed by atoms with Gasteiger partial charge < -0.3 is 37.9 Å². The Morgan fingerprint density at radius 1 is 0.600 bits per heavy atom. The van der Waals surface area contributed by atoms with Crippen LogP contribution in [0.3, 0.4) is 0 Å². The van der Waals surface area contributed by atoms with Crippen molar-refractivity contribution in [3.63, 3.8) is 0 Å². The SMILES string of the molecule is C=C(C)C(=O)OCCOCCOCCOCCOCCOCCOCCOCCN1C(=O)c2ccccc2C1=O. The van der Waals surface area contributed by atoms with E-state index >= 15 is 0 Å². The van der Waals surface area contributed by atoms with E-state index in [1.54, 1.807) is 31.2 Å². The number of benzene rings is 1. The molecule has 0 aliphatic carbocycles. The maximum absolute atomic E-state index is 12.3. The molecule has 1 aromatic rings. The molecule has 12 nitrogen and oxygen atoms in total. The number of carbonyl (C=O) groups excluding carboxylic acids is 3. The second kappa shape index (κ2) is 21.1. The van der Waals surface area contributed by atoms with Gasteiger partial charge in [0, 0.05) is 5.57 Å². The predicted octanol–water partition coefficient (Wildman–Crippen LogP) is 1.52. The molecule has 0 N–H and O–H groups in total. The molecule has 40 heavy (non-hydrogen) atoms. The maximum atomic E-state index is 12.3. The van der Waals surface area contributed by atoms with Gasteiger partial charge in [-0.25, -0.2) is 4.79 Å².